The highest BCUT2D eigenvalue weighted by atomic mass is 35.5. The lowest BCUT2D eigenvalue weighted by Gasteiger charge is -2.25. The second-order valence-electron chi connectivity index (χ2n) is 5.98. The first-order valence-corrected chi connectivity index (χ1v) is 10.1. The number of amides is 1. The van der Waals surface area contributed by atoms with Gasteiger partial charge >= 0.3 is 0 Å². The molecule has 0 aliphatic heterocycles. The first-order chi connectivity index (χ1) is 12.3. The van der Waals surface area contributed by atoms with Gasteiger partial charge in [0, 0.05) is 24.7 Å². The molecular formula is C19H22ClNO4S. The van der Waals surface area contributed by atoms with Crippen LogP contribution in [0.5, 0.6) is 0 Å². The van der Waals surface area contributed by atoms with Gasteiger partial charge in [0.1, 0.15) is 0 Å². The summed E-state index contributed by atoms with van der Waals surface area (Å²) in [5.74, 6) is -0.291. The largest absolute Gasteiger partial charge is 0.384 e. The molecular weight excluding hydrogens is 374 g/mol. The third-order valence-electron chi connectivity index (χ3n) is 4.25. The van der Waals surface area contributed by atoms with E-state index in [1.165, 1.54) is 31.4 Å². The third kappa shape index (κ3) is 4.84. The summed E-state index contributed by atoms with van der Waals surface area (Å²) in [6.45, 7) is 2.04. The van der Waals surface area contributed by atoms with Crippen LogP contribution in [-0.2, 0) is 14.6 Å². The average molecular weight is 396 g/mol. The van der Waals surface area contributed by atoms with Crippen molar-refractivity contribution < 1.29 is 17.9 Å². The summed E-state index contributed by atoms with van der Waals surface area (Å²) in [6.07, 6.45) is 0. The summed E-state index contributed by atoms with van der Waals surface area (Å²) >= 11 is 6.02. The van der Waals surface area contributed by atoms with Crippen LogP contribution in [0.25, 0.3) is 0 Å². The monoisotopic (exact) mass is 395 g/mol. The van der Waals surface area contributed by atoms with Gasteiger partial charge in [-0.2, -0.15) is 0 Å². The molecule has 5 nitrogen and oxygen atoms in total. The fourth-order valence-corrected chi connectivity index (χ4v) is 3.86. The molecule has 0 bridgehead atoms. The van der Waals surface area contributed by atoms with Gasteiger partial charge < -0.3 is 9.64 Å². The zero-order valence-corrected chi connectivity index (χ0v) is 16.5. The number of carbonyl (C=O) groups excluding carboxylic acids is 1. The molecule has 1 amide bonds. The lowest BCUT2D eigenvalue weighted by atomic mass is 10.1. The Balaban J connectivity index is 2.16. The number of ether oxygens (including phenoxy) is 1. The summed E-state index contributed by atoms with van der Waals surface area (Å²) in [7, 11) is -0.256. The van der Waals surface area contributed by atoms with E-state index in [0.29, 0.717) is 10.6 Å². The maximum Gasteiger partial charge on any atom is 0.254 e. The minimum Gasteiger partial charge on any atom is -0.384 e. The number of hydrogen-bond donors (Lipinski definition) is 0. The van der Waals surface area contributed by atoms with E-state index < -0.39 is 9.84 Å². The molecule has 2 rings (SSSR count). The molecule has 140 valence electrons. The Bertz CT molecular complexity index is 865. The fraction of sp³-hybridized carbons (Fsp3) is 0.316. The number of methoxy groups -OCH3 is 1. The minimum absolute atomic E-state index is 0.0947. The summed E-state index contributed by atoms with van der Waals surface area (Å²) in [5, 5.41) is 0.612. The van der Waals surface area contributed by atoms with Crippen LogP contribution < -0.4 is 0 Å². The number of rotatable bonds is 7. The van der Waals surface area contributed by atoms with Crippen molar-refractivity contribution in [1.29, 1.82) is 0 Å². The van der Waals surface area contributed by atoms with Gasteiger partial charge in [-0.25, -0.2) is 8.42 Å². The van der Waals surface area contributed by atoms with Gasteiger partial charge in [-0.3, -0.25) is 4.79 Å². The van der Waals surface area contributed by atoms with Crippen molar-refractivity contribution in [3.8, 4) is 0 Å². The van der Waals surface area contributed by atoms with Gasteiger partial charge in [0.05, 0.1) is 23.3 Å². The van der Waals surface area contributed by atoms with Gasteiger partial charge in [-0.05, 0) is 48.9 Å². The Hall–Kier alpha value is -1.89. The first-order valence-electron chi connectivity index (χ1n) is 8.10. The van der Waals surface area contributed by atoms with Gasteiger partial charge in [0.2, 0.25) is 0 Å². The van der Waals surface area contributed by atoms with Crippen LogP contribution in [0, 0.1) is 0 Å². The van der Waals surface area contributed by atoms with Crippen LogP contribution in [0.1, 0.15) is 28.9 Å². The van der Waals surface area contributed by atoms with E-state index in [1.54, 1.807) is 18.0 Å². The number of benzene rings is 2. The molecule has 2 aromatic rings. The zero-order valence-electron chi connectivity index (χ0n) is 15.0. The van der Waals surface area contributed by atoms with E-state index in [1.807, 2.05) is 25.1 Å². The van der Waals surface area contributed by atoms with Gasteiger partial charge in [-0.1, -0.05) is 23.7 Å². The number of halogens is 1. The topological polar surface area (TPSA) is 63.7 Å². The molecule has 0 spiro atoms. The van der Waals surface area contributed by atoms with Crippen LogP contribution in [0.2, 0.25) is 5.02 Å². The maximum absolute atomic E-state index is 12.7. The van der Waals surface area contributed by atoms with E-state index in [0.717, 1.165) is 5.56 Å². The van der Waals surface area contributed by atoms with Gasteiger partial charge in [-0.15, -0.1) is 0 Å². The Kier molecular flexibility index (Phi) is 6.81. The average Bonchev–Trinajstić information content (AvgIpc) is 2.64. The number of sulfone groups is 1. The Morgan fingerprint density at radius 3 is 2.42 bits per heavy atom. The smallest absolute Gasteiger partial charge is 0.254 e. The predicted octanol–water partition coefficient (Wildman–Crippen LogP) is 3.59. The van der Waals surface area contributed by atoms with Crippen LogP contribution in [-0.4, -0.2) is 45.7 Å². The predicted molar refractivity (Wildman–Crippen MR) is 102 cm³/mol. The molecule has 0 aliphatic carbocycles. The molecule has 7 heteroatoms. The van der Waals surface area contributed by atoms with Crippen molar-refractivity contribution in [3.05, 3.63) is 64.7 Å². The number of hydrogen-bond acceptors (Lipinski definition) is 4. The second-order valence-corrected chi connectivity index (χ2v) is 8.53. The molecule has 0 aliphatic rings. The fourth-order valence-electron chi connectivity index (χ4n) is 2.49. The van der Waals surface area contributed by atoms with E-state index in [2.05, 4.69) is 0 Å². The molecule has 26 heavy (non-hydrogen) atoms. The van der Waals surface area contributed by atoms with Gasteiger partial charge in [0.25, 0.3) is 5.91 Å². The molecule has 2 aromatic carbocycles. The Morgan fingerprint density at radius 1 is 1.19 bits per heavy atom. The molecule has 1 unspecified atom stereocenters. The SMILES string of the molecule is COCCS(=O)(=O)c1ccc(C(=O)N(C)C(C)c2cccc(Cl)c2)cc1. The molecule has 0 heterocycles. The molecule has 1 atom stereocenters. The molecule has 0 radical (unpaired) electrons. The van der Waals surface area contributed by atoms with Crippen molar-refractivity contribution in [2.45, 2.75) is 17.9 Å². The van der Waals surface area contributed by atoms with E-state index >= 15 is 0 Å². The van der Waals surface area contributed by atoms with Crippen LogP contribution in [0.4, 0.5) is 0 Å². The van der Waals surface area contributed by atoms with E-state index in [4.69, 9.17) is 16.3 Å². The van der Waals surface area contributed by atoms with Crippen molar-refractivity contribution in [2.75, 3.05) is 26.5 Å². The molecule has 0 aromatic heterocycles. The van der Waals surface area contributed by atoms with E-state index in [9.17, 15) is 13.2 Å². The van der Waals surface area contributed by atoms with Crippen molar-refractivity contribution in [2.24, 2.45) is 0 Å². The number of nitrogens with zero attached hydrogens (tertiary/aromatic N) is 1. The first kappa shape index (κ1) is 20.4. The lowest BCUT2D eigenvalue weighted by molar-refractivity contribution is 0.0742. The standard InChI is InChI=1S/C19H22ClNO4S/c1-14(16-5-4-6-17(20)13-16)21(2)19(22)15-7-9-18(10-8-15)26(23,24)12-11-25-3/h4-10,13-14H,11-12H2,1-3H3. The Labute approximate surface area is 159 Å². The highest BCUT2D eigenvalue weighted by molar-refractivity contribution is 7.91. The molecule has 0 saturated heterocycles. The summed E-state index contributed by atoms with van der Waals surface area (Å²) in [5.41, 5.74) is 1.35. The summed E-state index contributed by atoms with van der Waals surface area (Å²) < 4.78 is 29.1. The third-order valence-corrected chi connectivity index (χ3v) is 6.18. The summed E-state index contributed by atoms with van der Waals surface area (Å²) in [6, 6.07) is 13.1. The zero-order chi connectivity index (χ0) is 19.3. The van der Waals surface area contributed by atoms with Crippen molar-refractivity contribution in [1.82, 2.24) is 4.90 Å². The summed E-state index contributed by atoms with van der Waals surface area (Å²) in [4.78, 5) is 14.5. The van der Waals surface area contributed by atoms with E-state index in [-0.39, 0.29) is 29.2 Å². The quantitative estimate of drug-likeness (QED) is 0.718. The lowest BCUT2D eigenvalue weighted by Crippen LogP contribution is -2.29. The highest BCUT2D eigenvalue weighted by Crippen LogP contribution is 2.23. The Morgan fingerprint density at radius 2 is 1.85 bits per heavy atom. The number of carbonyl (C=O) groups is 1. The molecule has 0 fully saturated rings. The maximum atomic E-state index is 12.7. The van der Waals surface area contributed by atoms with Crippen LogP contribution >= 0.6 is 11.6 Å². The molecule has 0 N–H and O–H groups in total. The van der Waals surface area contributed by atoms with Crippen LogP contribution in [0.15, 0.2) is 53.4 Å². The van der Waals surface area contributed by atoms with Crippen molar-refractivity contribution in [3.63, 3.8) is 0 Å². The normalized spacial score (nSPS) is 12.6. The highest BCUT2D eigenvalue weighted by Gasteiger charge is 2.20. The van der Waals surface area contributed by atoms with Crippen LogP contribution in [0.3, 0.4) is 0 Å². The molecule has 0 saturated carbocycles. The second kappa shape index (κ2) is 8.66. The van der Waals surface area contributed by atoms with Crippen molar-refractivity contribution >= 4 is 27.3 Å². The van der Waals surface area contributed by atoms with Gasteiger partial charge in [0.15, 0.2) is 9.84 Å². The minimum atomic E-state index is -3.41.